The molecule has 2 N–H and O–H groups in total. The SMILES string of the molecule is CC(C)(C)OC(=O)[C@@H](NC(=O)C1(NC(=O)OCc2ccccc2)CCCCC1)c1ccccn1. The Labute approximate surface area is 200 Å². The Kier molecular flexibility index (Phi) is 8.26. The summed E-state index contributed by atoms with van der Waals surface area (Å²) < 4.78 is 10.9. The van der Waals surface area contributed by atoms with Crippen LogP contribution in [0.5, 0.6) is 0 Å². The molecule has 0 saturated heterocycles. The van der Waals surface area contributed by atoms with E-state index in [4.69, 9.17) is 9.47 Å². The minimum atomic E-state index is -1.18. The number of amides is 2. The average Bonchev–Trinajstić information content (AvgIpc) is 2.81. The van der Waals surface area contributed by atoms with Crippen LogP contribution in [0.3, 0.4) is 0 Å². The monoisotopic (exact) mass is 467 g/mol. The number of aromatic nitrogens is 1. The van der Waals surface area contributed by atoms with Gasteiger partial charge in [0.15, 0.2) is 6.04 Å². The summed E-state index contributed by atoms with van der Waals surface area (Å²) in [5, 5.41) is 5.60. The second kappa shape index (κ2) is 11.1. The van der Waals surface area contributed by atoms with Gasteiger partial charge in [0.2, 0.25) is 5.91 Å². The normalized spacial score (nSPS) is 16.1. The largest absolute Gasteiger partial charge is 0.458 e. The maximum atomic E-state index is 13.6. The van der Waals surface area contributed by atoms with Crippen molar-refractivity contribution in [1.82, 2.24) is 15.6 Å². The molecule has 1 saturated carbocycles. The lowest BCUT2D eigenvalue weighted by atomic mass is 9.80. The molecule has 34 heavy (non-hydrogen) atoms. The lowest BCUT2D eigenvalue weighted by Gasteiger charge is -2.37. The van der Waals surface area contributed by atoms with Crippen molar-refractivity contribution in [2.75, 3.05) is 0 Å². The van der Waals surface area contributed by atoms with E-state index in [0.29, 0.717) is 18.5 Å². The van der Waals surface area contributed by atoms with Gasteiger partial charge in [-0.15, -0.1) is 0 Å². The number of nitrogens with one attached hydrogen (secondary N) is 2. The van der Waals surface area contributed by atoms with Crippen LogP contribution in [0.15, 0.2) is 54.7 Å². The molecule has 182 valence electrons. The lowest BCUT2D eigenvalue weighted by Crippen LogP contribution is -2.60. The number of ether oxygens (including phenoxy) is 2. The van der Waals surface area contributed by atoms with Gasteiger partial charge < -0.3 is 20.1 Å². The van der Waals surface area contributed by atoms with E-state index in [-0.39, 0.29) is 6.61 Å². The van der Waals surface area contributed by atoms with Gasteiger partial charge in [-0.2, -0.15) is 0 Å². The Morgan fingerprint density at radius 3 is 2.29 bits per heavy atom. The molecule has 1 heterocycles. The zero-order valence-corrected chi connectivity index (χ0v) is 20.0. The molecule has 0 bridgehead atoms. The molecular formula is C26H33N3O5. The van der Waals surface area contributed by atoms with E-state index in [9.17, 15) is 14.4 Å². The second-order valence-electron chi connectivity index (χ2n) is 9.52. The van der Waals surface area contributed by atoms with Gasteiger partial charge in [0.25, 0.3) is 0 Å². The number of esters is 1. The third kappa shape index (κ3) is 7.04. The summed E-state index contributed by atoms with van der Waals surface area (Å²) in [5.74, 6) is -1.07. The van der Waals surface area contributed by atoms with E-state index in [0.717, 1.165) is 24.8 Å². The molecule has 0 unspecified atom stereocenters. The molecule has 1 aromatic carbocycles. The van der Waals surface area contributed by atoms with Crippen molar-refractivity contribution in [3.05, 3.63) is 66.0 Å². The fourth-order valence-corrected chi connectivity index (χ4v) is 3.95. The molecule has 8 heteroatoms. The van der Waals surface area contributed by atoms with Gasteiger partial charge in [0, 0.05) is 6.20 Å². The third-order valence-corrected chi connectivity index (χ3v) is 5.60. The standard InChI is InChI=1S/C26H33N3O5/c1-25(2,3)34-22(30)21(20-14-8-11-17-27-20)28-23(31)26(15-9-5-10-16-26)29-24(32)33-18-19-12-6-4-7-13-19/h4,6-8,11-14,17,21H,5,9-10,15-16,18H2,1-3H3,(H,28,31)(H,29,32)/t21-/m0/s1. The zero-order chi connectivity index (χ0) is 24.6. The number of pyridine rings is 1. The molecule has 1 aromatic heterocycles. The minimum Gasteiger partial charge on any atom is -0.458 e. The summed E-state index contributed by atoms with van der Waals surface area (Å²) in [7, 11) is 0. The van der Waals surface area contributed by atoms with Crippen molar-refractivity contribution in [3.8, 4) is 0 Å². The molecule has 1 fully saturated rings. The van der Waals surface area contributed by atoms with Crippen LogP contribution in [0.1, 0.15) is 70.2 Å². The summed E-state index contributed by atoms with van der Waals surface area (Å²) in [6, 6.07) is 13.3. The van der Waals surface area contributed by atoms with Gasteiger partial charge in [-0.25, -0.2) is 9.59 Å². The van der Waals surface area contributed by atoms with Crippen LogP contribution in [0.4, 0.5) is 4.79 Å². The van der Waals surface area contributed by atoms with Gasteiger partial charge in [0.05, 0.1) is 5.69 Å². The maximum absolute atomic E-state index is 13.6. The fourth-order valence-electron chi connectivity index (χ4n) is 3.95. The summed E-state index contributed by atoms with van der Waals surface area (Å²) in [6.45, 7) is 5.37. The summed E-state index contributed by atoms with van der Waals surface area (Å²) in [4.78, 5) is 43.4. The number of hydrogen-bond donors (Lipinski definition) is 2. The number of alkyl carbamates (subject to hydrolysis) is 1. The van der Waals surface area contributed by atoms with Crippen LogP contribution in [0.25, 0.3) is 0 Å². The Morgan fingerprint density at radius 2 is 1.68 bits per heavy atom. The topological polar surface area (TPSA) is 107 Å². The van der Waals surface area contributed by atoms with Crippen molar-refractivity contribution in [2.24, 2.45) is 0 Å². The highest BCUT2D eigenvalue weighted by Crippen LogP contribution is 2.30. The lowest BCUT2D eigenvalue weighted by molar-refractivity contribution is -0.159. The van der Waals surface area contributed by atoms with Crippen molar-refractivity contribution in [1.29, 1.82) is 0 Å². The van der Waals surface area contributed by atoms with Crippen LogP contribution >= 0.6 is 0 Å². The highest BCUT2D eigenvalue weighted by molar-refractivity contribution is 5.93. The molecule has 0 spiro atoms. The minimum absolute atomic E-state index is 0.0961. The van der Waals surface area contributed by atoms with Crippen molar-refractivity contribution < 1.29 is 23.9 Å². The summed E-state index contributed by atoms with van der Waals surface area (Å²) in [5.41, 5.74) is -0.708. The zero-order valence-electron chi connectivity index (χ0n) is 20.0. The Bertz CT molecular complexity index is 967. The van der Waals surface area contributed by atoms with Gasteiger partial charge in [-0.1, -0.05) is 55.7 Å². The first-order valence-electron chi connectivity index (χ1n) is 11.6. The molecule has 1 aliphatic rings. The van der Waals surface area contributed by atoms with Crippen LogP contribution in [-0.2, 0) is 25.7 Å². The van der Waals surface area contributed by atoms with Crippen molar-refractivity contribution in [3.63, 3.8) is 0 Å². The predicted octanol–water partition coefficient (Wildman–Crippen LogP) is 4.21. The molecule has 0 aliphatic heterocycles. The number of rotatable bonds is 7. The number of benzene rings is 1. The van der Waals surface area contributed by atoms with Gasteiger partial charge in [0.1, 0.15) is 17.7 Å². The number of carbonyl (C=O) groups excluding carboxylic acids is 3. The summed E-state index contributed by atoms with van der Waals surface area (Å²) >= 11 is 0. The quantitative estimate of drug-likeness (QED) is 0.591. The molecule has 0 radical (unpaired) electrons. The molecule has 8 nitrogen and oxygen atoms in total. The summed E-state index contributed by atoms with van der Waals surface area (Å²) in [6.07, 6.45) is 4.28. The third-order valence-electron chi connectivity index (χ3n) is 5.60. The first-order valence-corrected chi connectivity index (χ1v) is 11.6. The van der Waals surface area contributed by atoms with E-state index >= 15 is 0 Å². The van der Waals surface area contributed by atoms with E-state index in [2.05, 4.69) is 15.6 Å². The predicted molar refractivity (Wildman–Crippen MR) is 127 cm³/mol. The smallest absolute Gasteiger partial charge is 0.408 e. The second-order valence-corrected chi connectivity index (χ2v) is 9.52. The highest BCUT2D eigenvalue weighted by atomic mass is 16.6. The number of hydrogen-bond acceptors (Lipinski definition) is 6. The van der Waals surface area contributed by atoms with E-state index in [1.165, 1.54) is 0 Å². The molecule has 2 amide bonds. The van der Waals surface area contributed by atoms with Gasteiger partial charge in [-0.3, -0.25) is 9.78 Å². The molecular weight excluding hydrogens is 434 g/mol. The van der Waals surface area contributed by atoms with Crippen LogP contribution in [0, 0.1) is 0 Å². The van der Waals surface area contributed by atoms with Crippen LogP contribution in [-0.4, -0.2) is 34.1 Å². The van der Waals surface area contributed by atoms with Crippen molar-refractivity contribution >= 4 is 18.0 Å². The van der Waals surface area contributed by atoms with E-state index in [1.807, 2.05) is 30.3 Å². The number of nitrogens with zero attached hydrogens (tertiary/aromatic N) is 1. The highest BCUT2D eigenvalue weighted by Gasteiger charge is 2.43. The first-order chi connectivity index (χ1) is 16.2. The molecule has 3 rings (SSSR count). The fraction of sp³-hybridized carbons (Fsp3) is 0.462. The molecule has 2 aromatic rings. The van der Waals surface area contributed by atoms with Crippen molar-refractivity contribution in [2.45, 2.75) is 76.7 Å². The van der Waals surface area contributed by atoms with Crippen LogP contribution < -0.4 is 10.6 Å². The Morgan fingerprint density at radius 1 is 1.00 bits per heavy atom. The Balaban J connectivity index is 1.76. The van der Waals surface area contributed by atoms with E-state index < -0.39 is 35.2 Å². The average molecular weight is 468 g/mol. The van der Waals surface area contributed by atoms with Crippen LogP contribution in [0.2, 0.25) is 0 Å². The molecule has 1 atom stereocenters. The number of carbonyl (C=O) groups is 3. The maximum Gasteiger partial charge on any atom is 0.408 e. The Hall–Kier alpha value is -3.42. The molecule has 1 aliphatic carbocycles. The van der Waals surface area contributed by atoms with Gasteiger partial charge in [-0.05, 0) is 51.3 Å². The van der Waals surface area contributed by atoms with E-state index in [1.54, 1.807) is 45.2 Å². The first kappa shape index (κ1) is 25.2. The van der Waals surface area contributed by atoms with Gasteiger partial charge >= 0.3 is 12.1 Å².